The predicted octanol–water partition coefficient (Wildman–Crippen LogP) is 30.3. The summed E-state index contributed by atoms with van der Waals surface area (Å²) in [5, 5.41) is 30.7. The first-order valence-electron chi connectivity index (χ1n) is 44.3. The van der Waals surface area contributed by atoms with Gasteiger partial charge in [0, 0.05) is 95.6 Å². The fraction of sp³-hybridized carbons (Fsp3) is 0.232. The molecule has 4 aliphatic rings. The normalized spacial score (nSPS) is 12.9. The van der Waals surface area contributed by atoms with Crippen molar-refractivity contribution >= 4 is 187 Å². The van der Waals surface area contributed by atoms with Crippen molar-refractivity contribution in [1.82, 2.24) is 0 Å². The number of rotatable bonds is 0. The van der Waals surface area contributed by atoms with E-state index in [1.807, 2.05) is 111 Å². The third-order valence-electron chi connectivity index (χ3n) is 23.4. The van der Waals surface area contributed by atoms with Gasteiger partial charge in [-0.2, -0.15) is 0 Å². The Morgan fingerprint density at radius 2 is 0.437 bits per heavy atom. The van der Waals surface area contributed by atoms with E-state index in [0.717, 1.165) is 0 Å². The summed E-state index contributed by atoms with van der Waals surface area (Å²) in [6, 6.07) is 116. The summed E-state index contributed by atoms with van der Waals surface area (Å²) in [7, 11) is 3.50. The molecule has 0 saturated carbocycles. The molecule has 17 aromatic rings. The molecule has 17 aromatic carbocycles. The highest BCUT2D eigenvalue weighted by Crippen LogP contribution is 2.49. The molecule has 0 aliphatic carbocycles. The predicted molar refractivity (Wildman–Crippen MR) is 549 cm³/mol. The van der Waals surface area contributed by atoms with E-state index in [0.29, 0.717) is 0 Å². The zero-order valence-electron chi connectivity index (χ0n) is 76.3. The minimum Gasteiger partial charge on any atom is -0.345 e. The summed E-state index contributed by atoms with van der Waals surface area (Å²) in [6.07, 6.45) is 0. The smallest absolute Gasteiger partial charge is 0.119 e. The lowest BCUT2D eigenvalue weighted by molar-refractivity contribution is 1.22. The first-order chi connectivity index (χ1) is 58.0. The maximum Gasteiger partial charge on any atom is 0.119 e. The highest BCUT2D eigenvalue weighted by atomic mass is 28.3. The standard InChI is InChI=1S/C27H19N.3C23H21NSi.8C2H6/c1-28-26-13-7-6-12-24(26)22-10-4-5-11-23(22)25-16-20-14-18-8-2-3-9-19(18)15-21(20)17-27(25)28;1-24-20-12-16-8-4-6-10-18(16)14-22(20)25(2,3)23-15-19-11-7-5-9-17(19)13-21(23)24;1-24-22-18-10-6-4-8-16(18)12-14-20(22)25(2,3)21-15-13-17-9-5-7-11-19(17)23(21)24;1-24-20-14-12-16-8-4-6-10-18(16)22(20)25(2,3)23-19-11-7-5-9-17(19)13-15-21(23)24;8*1-2/h2-17H,1H3;3*4-15H,1-3H3;8*1-2H3. The van der Waals surface area contributed by atoms with Gasteiger partial charge in [-0.05, 0) is 172 Å². The van der Waals surface area contributed by atoms with Crippen molar-refractivity contribution in [2.24, 2.45) is 0 Å². The van der Waals surface area contributed by atoms with Crippen LogP contribution in [0.4, 0.5) is 45.5 Å². The zero-order valence-corrected chi connectivity index (χ0v) is 79.3. The highest BCUT2D eigenvalue weighted by molar-refractivity contribution is 7.05. The second-order valence-electron chi connectivity index (χ2n) is 30.3. The number of hydrogen-bond donors (Lipinski definition) is 0. The third-order valence-corrected chi connectivity index (χ3v) is 33.9. The number of hydrogen-bond acceptors (Lipinski definition) is 4. The third kappa shape index (κ3) is 16.8. The molecule has 7 heteroatoms. The van der Waals surface area contributed by atoms with Crippen LogP contribution in [0.25, 0.3) is 108 Å². The average Bonchev–Trinajstić information content (AvgIpc) is 1.13. The first-order valence-corrected chi connectivity index (χ1v) is 53.3. The van der Waals surface area contributed by atoms with E-state index in [2.05, 4.69) is 403 Å². The molecule has 0 fully saturated rings. The van der Waals surface area contributed by atoms with Gasteiger partial charge in [-0.1, -0.05) is 411 Å². The zero-order chi connectivity index (χ0) is 86.2. The summed E-state index contributed by atoms with van der Waals surface area (Å²) in [6.45, 7) is 47.0. The number of benzene rings is 17. The van der Waals surface area contributed by atoms with Crippen LogP contribution in [-0.2, 0) is 0 Å². The average molecular weight is 1620 g/mol. The van der Waals surface area contributed by atoms with Crippen LogP contribution in [0.15, 0.2) is 315 Å². The number of para-hydroxylation sites is 1. The molecule has 0 aromatic heterocycles. The van der Waals surface area contributed by atoms with Crippen molar-refractivity contribution in [2.45, 2.75) is 150 Å². The Kier molecular flexibility index (Phi) is 30.2. The van der Waals surface area contributed by atoms with E-state index < -0.39 is 24.2 Å². The summed E-state index contributed by atoms with van der Waals surface area (Å²) in [5.74, 6) is 0. The topological polar surface area (TPSA) is 13.0 Å². The first kappa shape index (κ1) is 90.0. The van der Waals surface area contributed by atoms with Gasteiger partial charge in [-0.25, -0.2) is 0 Å². The van der Waals surface area contributed by atoms with E-state index in [4.69, 9.17) is 0 Å². The molecule has 0 atom stereocenters. The van der Waals surface area contributed by atoms with E-state index in [1.54, 1.807) is 10.4 Å². The molecule has 0 saturated heterocycles. The highest BCUT2D eigenvalue weighted by Gasteiger charge is 2.42. The van der Waals surface area contributed by atoms with Gasteiger partial charge in [0.1, 0.15) is 24.2 Å². The van der Waals surface area contributed by atoms with Gasteiger partial charge in [-0.3, -0.25) is 0 Å². The number of nitrogens with zero attached hydrogens (tertiary/aromatic N) is 4. The molecule has 119 heavy (non-hydrogen) atoms. The van der Waals surface area contributed by atoms with E-state index >= 15 is 0 Å². The molecule has 0 N–H and O–H groups in total. The molecular formula is C112H130N4Si3. The lowest BCUT2D eigenvalue weighted by atomic mass is 9.92. The molecule has 4 heterocycles. The Morgan fingerprint density at radius 1 is 0.168 bits per heavy atom. The van der Waals surface area contributed by atoms with E-state index in [-0.39, 0.29) is 0 Å². The van der Waals surface area contributed by atoms with E-state index in [9.17, 15) is 0 Å². The van der Waals surface area contributed by atoms with Crippen molar-refractivity contribution in [3.8, 4) is 22.3 Å². The molecule has 0 spiro atoms. The van der Waals surface area contributed by atoms with Crippen molar-refractivity contribution in [3.05, 3.63) is 315 Å². The van der Waals surface area contributed by atoms with Crippen LogP contribution in [0.5, 0.6) is 0 Å². The summed E-state index contributed by atoms with van der Waals surface area (Å²) < 4.78 is 0. The van der Waals surface area contributed by atoms with Crippen molar-refractivity contribution in [1.29, 1.82) is 0 Å². The van der Waals surface area contributed by atoms with Gasteiger partial charge in [0.15, 0.2) is 0 Å². The van der Waals surface area contributed by atoms with Gasteiger partial charge in [0.25, 0.3) is 0 Å². The van der Waals surface area contributed by atoms with Crippen LogP contribution in [0.2, 0.25) is 39.3 Å². The molecule has 610 valence electrons. The molecule has 0 unspecified atom stereocenters. The van der Waals surface area contributed by atoms with Crippen LogP contribution >= 0.6 is 0 Å². The summed E-state index contributed by atoms with van der Waals surface area (Å²) >= 11 is 0. The van der Waals surface area contributed by atoms with Crippen LogP contribution in [0.1, 0.15) is 111 Å². The quantitative estimate of drug-likeness (QED) is 0.111. The minimum atomic E-state index is -1.84. The lowest BCUT2D eigenvalue weighted by Gasteiger charge is -2.40. The monoisotopic (exact) mass is 1610 g/mol. The van der Waals surface area contributed by atoms with Crippen LogP contribution < -0.4 is 50.7 Å². The molecule has 21 rings (SSSR count). The molecule has 4 nitrogen and oxygen atoms in total. The minimum absolute atomic E-state index is 1.24. The molecule has 4 aliphatic heterocycles. The Hall–Kier alpha value is -11.3. The largest absolute Gasteiger partial charge is 0.345 e. The molecular weight excluding hydrogens is 1490 g/mol. The second kappa shape index (κ2) is 39.9. The maximum absolute atomic E-state index is 2.51. The van der Waals surface area contributed by atoms with Gasteiger partial charge < -0.3 is 19.6 Å². The SMILES string of the molecule is CC.CC.CC.CC.CC.CC.CC.CC.CN1c2c(ccc3ccccc23)[Si](C)(C)c2ccc3ccccc3c21.CN1c2cc3ccccc3cc2[Si](C)(C)c2cc3ccccc3cc21.CN1c2ccc3ccccc3c2[Si](C)(C)c2c1ccc1ccccc21.CN1c2ccccc2-c2ccccc2-c2cc3cc4ccccc4cc3cc21. The maximum atomic E-state index is 2.51. The molecule has 0 bridgehead atoms. The Bertz CT molecular complexity index is 6060. The fourth-order valence-electron chi connectivity index (χ4n) is 18.0. The second-order valence-corrected chi connectivity index (χ2v) is 43.2. The molecule has 0 amide bonds. The van der Waals surface area contributed by atoms with Gasteiger partial charge >= 0.3 is 0 Å². The summed E-state index contributed by atoms with van der Waals surface area (Å²) in [4.78, 5) is 9.55. The van der Waals surface area contributed by atoms with Crippen molar-refractivity contribution in [3.63, 3.8) is 0 Å². The number of anilines is 8. The van der Waals surface area contributed by atoms with Crippen LogP contribution in [0.3, 0.4) is 0 Å². The van der Waals surface area contributed by atoms with E-state index in [1.165, 1.54) is 175 Å². The van der Waals surface area contributed by atoms with Gasteiger partial charge in [0.2, 0.25) is 0 Å². The van der Waals surface area contributed by atoms with Gasteiger partial charge in [0.05, 0.1) is 0 Å². The molecule has 0 radical (unpaired) electrons. The Balaban J connectivity index is 0.000000158. The van der Waals surface area contributed by atoms with Crippen molar-refractivity contribution < 1.29 is 0 Å². The van der Waals surface area contributed by atoms with Crippen LogP contribution in [0, 0.1) is 0 Å². The summed E-state index contributed by atoms with van der Waals surface area (Å²) in [5.41, 5.74) is 16.0. The lowest BCUT2D eigenvalue weighted by Crippen LogP contribution is -2.59. The van der Waals surface area contributed by atoms with Crippen molar-refractivity contribution in [2.75, 3.05) is 47.8 Å². The van der Waals surface area contributed by atoms with Gasteiger partial charge in [-0.15, -0.1) is 0 Å². The van der Waals surface area contributed by atoms with Crippen LogP contribution in [-0.4, -0.2) is 52.4 Å². The fourth-order valence-corrected chi connectivity index (χ4v) is 28.0. The number of fused-ring (bicyclic) bond motifs is 23. The Labute approximate surface area is 717 Å². The Morgan fingerprint density at radius 3 is 0.840 bits per heavy atom.